The van der Waals surface area contributed by atoms with E-state index in [1.54, 1.807) is 6.07 Å². The molecule has 4 nitrogen and oxygen atoms in total. The van der Waals surface area contributed by atoms with Gasteiger partial charge in [0.1, 0.15) is 17.3 Å². The Labute approximate surface area is 121 Å². The first-order valence-corrected chi connectivity index (χ1v) is 6.39. The maximum Gasteiger partial charge on any atom is 0.293 e. The Hall–Kier alpha value is -2.02. The third-order valence-electron chi connectivity index (χ3n) is 2.67. The maximum absolute atomic E-state index is 13.5. The summed E-state index contributed by atoms with van der Waals surface area (Å²) in [4.78, 5) is 10.4. The van der Waals surface area contributed by atoms with Crippen LogP contribution in [0.15, 0.2) is 40.9 Å². The number of benzene rings is 2. The topological polar surface area (TPSA) is 55.2 Å². The van der Waals surface area contributed by atoms with Gasteiger partial charge in [0.25, 0.3) is 5.69 Å². The molecule has 0 fully saturated rings. The molecular formula is C13H9BrF2N2O2. The predicted molar refractivity (Wildman–Crippen MR) is 74.5 cm³/mol. The van der Waals surface area contributed by atoms with Crippen molar-refractivity contribution in [2.45, 2.75) is 6.54 Å². The number of anilines is 1. The van der Waals surface area contributed by atoms with Crippen LogP contribution in [-0.2, 0) is 6.54 Å². The van der Waals surface area contributed by atoms with E-state index in [0.29, 0.717) is 4.47 Å². The molecule has 0 aliphatic heterocycles. The molecule has 0 amide bonds. The van der Waals surface area contributed by atoms with Gasteiger partial charge in [-0.25, -0.2) is 8.78 Å². The van der Waals surface area contributed by atoms with Crippen molar-refractivity contribution < 1.29 is 13.7 Å². The van der Waals surface area contributed by atoms with Crippen LogP contribution in [0.3, 0.4) is 0 Å². The summed E-state index contributed by atoms with van der Waals surface area (Å²) in [7, 11) is 0. The molecule has 2 aromatic carbocycles. The molecule has 0 spiro atoms. The smallest absolute Gasteiger partial charge is 0.293 e. The van der Waals surface area contributed by atoms with E-state index >= 15 is 0 Å². The van der Waals surface area contributed by atoms with E-state index < -0.39 is 16.6 Å². The quantitative estimate of drug-likeness (QED) is 0.667. The van der Waals surface area contributed by atoms with Crippen molar-refractivity contribution in [2.75, 3.05) is 5.32 Å². The highest BCUT2D eigenvalue weighted by molar-refractivity contribution is 9.10. The largest absolute Gasteiger partial charge is 0.375 e. The summed E-state index contributed by atoms with van der Waals surface area (Å²) < 4.78 is 27.5. The van der Waals surface area contributed by atoms with Crippen molar-refractivity contribution >= 4 is 27.3 Å². The fraction of sp³-hybridized carbons (Fsp3) is 0.0769. The van der Waals surface area contributed by atoms with Crippen LogP contribution in [0.25, 0.3) is 0 Å². The summed E-state index contributed by atoms with van der Waals surface area (Å²) in [5.41, 5.74) is -0.137. The van der Waals surface area contributed by atoms with E-state index in [1.165, 1.54) is 18.2 Å². The summed E-state index contributed by atoms with van der Waals surface area (Å²) >= 11 is 3.13. The van der Waals surface area contributed by atoms with Crippen molar-refractivity contribution in [3.63, 3.8) is 0 Å². The molecule has 0 radical (unpaired) electrons. The molecule has 20 heavy (non-hydrogen) atoms. The van der Waals surface area contributed by atoms with Gasteiger partial charge in [-0.15, -0.1) is 0 Å². The number of rotatable bonds is 4. The van der Waals surface area contributed by atoms with Crippen LogP contribution in [-0.4, -0.2) is 4.92 Å². The van der Waals surface area contributed by atoms with Gasteiger partial charge >= 0.3 is 0 Å². The fourth-order valence-electron chi connectivity index (χ4n) is 1.69. The number of nitro groups is 1. The Morgan fingerprint density at radius 1 is 1.20 bits per heavy atom. The third kappa shape index (κ3) is 3.11. The van der Waals surface area contributed by atoms with E-state index in [0.717, 1.165) is 12.1 Å². The Morgan fingerprint density at radius 3 is 2.45 bits per heavy atom. The van der Waals surface area contributed by atoms with Gasteiger partial charge in [0, 0.05) is 22.6 Å². The van der Waals surface area contributed by atoms with Crippen LogP contribution in [0, 0.1) is 21.7 Å². The van der Waals surface area contributed by atoms with Crippen LogP contribution < -0.4 is 5.32 Å². The molecule has 0 aliphatic carbocycles. The number of nitro benzene ring substituents is 1. The summed E-state index contributed by atoms with van der Waals surface area (Å²) in [6, 6.07) is 7.93. The van der Waals surface area contributed by atoms with Gasteiger partial charge in [-0.3, -0.25) is 10.1 Å². The minimum absolute atomic E-state index is 0.162. The highest BCUT2D eigenvalue weighted by Crippen LogP contribution is 2.28. The van der Waals surface area contributed by atoms with Gasteiger partial charge in [0.2, 0.25) is 0 Å². The molecule has 0 bridgehead atoms. The van der Waals surface area contributed by atoms with Crippen molar-refractivity contribution in [1.82, 2.24) is 0 Å². The summed E-state index contributed by atoms with van der Waals surface area (Å²) in [5.74, 6) is -1.39. The minimum Gasteiger partial charge on any atom is -0.375 e. The summed E-state index contributed by atoms with van der Waals surface area (Å²) in [5, 5.41) is 13.6. The molecule has 0 atom stereocenters. The van der Waals surface area contributed by atoms with Crippen molar-refractivity contribution in [1.29, 1.82) is 0 Å². The van der Waals surface area contributed by atoms with Crippen LogP contribution in [0.2, 0.25) is 0 Å². The molecule has 2 rings (SSSR count). The summed E-state index contributed by atoms with van der Waals surface area (Å²) in [6.45, 7) is -0.180. The summed E-state index contributed by atoms with van der Waals surface area (Å²) in [6.07, 6.45) is 0. The van der Waals surface area contributed by atoms with Crippen molar-refractivity contribution in [2.24, 2.45) is 0 Å². The minimum atomic E-state index is -0.697. The maximum atomic E-state index is 13.5. The van der Waals surface area contributed by atoms with E-state index in [-0.39, 0.29) is 23.5 Å². The zero-order valence-corrected chi connectivity index (χ0v) is 11.7. The lowest BCUT2D eigenvalue weighted by atomic mass is 10.2. The van der Waals surface area contributed by atoms with Gasteiger partial charge in [-0.2, -0.15) is 0 Å². The molecule has 0 unspecified atom stereocenters. The Balaban J connectivity index is 2.25. The van der Waals surface area contributed by atoms with Gasteiger partial charge in [-0.1, -0.05) is 22.0 Å². The van der Waals surface area contributed by atoms with Crippen LogP contribution >= 0.6 is 15.9 Å². The Morgan fingerprint density at radius 2 is 1.85 bits per heavy atom. The first kappa shape index (κ1) is 14.4. The zero-order chi connectivity index (χ0) is 14.7. The molecule has 1 N–H and O–H groups in total. The lowest BCUT2D eigenvalue weighted by Crippen LogP contribution is -2.06. The van der Waals surface area contributed by atoms with E-state index in [2.05, 4.69) is 21.2 Å². The molecule has 0 aromatic heterocycles. The van der Waals surface area contributed by atoms with Crippen LogP contribution in [0.4, 0.5) is 20.2 Å². The number of hydrogen-bond acceptors (Lipinski definition) is 3. The van der Waals surface area contributed by atoms with E-state index in [9.17, 15) is 18.9 Å². The highest BCUT2D eigenvalue weighted by Gasteiger charge is 2.15. The predicted octanol–water partition coefficient (Wildman–Crippen LogP) is 4.25. The molecule has 7 heteroatoms. The number of nitrogens with zero attached hydrogens (tertiary/aromatic N) is 1. The second kappa shape index (κ2) is 5.96. The lowest BCUT2D eigenvalue weighted by Gasteiger charge is -2.09. The molecular weight excluding hydrogens is 334 g/mol. The average molecular weight is 343 g/mol. The average Bonchev–Trinajstić information content (AvgIpc) is 2.39. The van der Waals surface area contributed by atoms with Gasteiger partial charge in [-0.05, 0) is 24.3 Å². The number of nitrogens with one attached hydrogen (secondary N) is 1. The monoisotopic (exact) mass is 342 g/mol. The SMILES string of the molecule is O=[N+]([O-])c1cc(Br)ccc1NCc1c(F)cccc1F. The molecule has 0 aliphatic rings. The third-order valence-corrected chi connectivity index (χ3v) is 3.17. The standard InChI is InChI=1S/C13H9BrF2N2O2/c14-8-4-5-12(13(6-8)18(19)20)17-7-9-10(15)2-1-3-11(9)16/h1-6,17H,7H2. The molecule has 104 valence electrons. The number of halogens is 3. The fourth-order valence-corrected chi connectivity index (χ4v) is 2.04. The van der Waals surface area contributed by atoms with E-state index in [1.807, 2.05) is 0 Å². The molecule has 2 aromatic rings. The normalized spacial score (nSPS) is 10.3. The van der Waals surface area contributed by atoms with Gasteiger partial charge in [0.15, 0.2) is 0 Å². The first-order chi connectivity index (χ1) is 9.49. The van der Waals surface area contributed by atoms with Crippen molar-refractivity contribution in [3.8, 4) is 0 Å². The second-order valence-electron chi connectivity index (χ2n) is 3.97. The van der Waals surface area contributed by atoms with Crippen molar-refractivity contribution in [3.05, 3.63) is 68.2 Å². The van der Waals surface area contributed by atoms with Crippen LogP contribution in [0.5, 0.6) is 0 Å². The van der Waals surface area contributed by atoms with Crippen LogP contribution in [0.1, 0.15) is 5.56 Å². The zero-order valence-electron chi connectivity index (χ0n) is 10.1. The lowest BCUT2D eigenvalue weighted by molar-refractivity contribution is -0.384. The van der Waals surface area contributed by atoms with Gasteiger partial charge < -0.3 is 5.32 Å². The van der Waals surface area contributed by atoms with Gasteiger partial charge in [0.05, 0.1) is 4.92 Å². The number of hydrogen-bond donors (Lipinski definition) is 1. The molecule has 0 saturated carbocycles. The van der Waals surface area contributed by atoms with E-state index in [4.69, 9.17) is 0 Å². The Bertz CT molecular complexity index is 645. The molecule has 0 saturated heterocycles. The highest BCUT2D eigenvalue weighted by atomic mass is 79.9. The molecule has 0 heterocycles. The second-order valence-corrected chi connectivity index (χ2v) is 4.89. The first-order valence-electron chi connectivity index (χ1n) is 5.59. The Kier molecular flexibility index (Phi) is 4.29.